The van der Waals surface area contributed by atoms with Gasteiger partial charge in [0.15, 0.2) is 0 Å². The van der Waals surface area contributed by atoms with Crippen LogP contribution >= 0.6 is 27.3 Å². The van der Waals surface area contributed by atoms with E-state index in [1.165, 1.54) is 17.7 Å². The van der Waals surface area contributed by atoms with Crippen LogP contribution < -0.4 is 10.6 Å². The molecule has 1 fully saturated rings. The van der Waals surface area contributed by atoms with Crippen molar-refractivity contribution < 1.29 is 0 Å². The van der Waals surface area contributed by atoms with Gasteiger partial charge in [0.25, 0.3) is 0 Å². The van der Waals surface area contributed by atoms with E-state index >= 15 is 0 Å². The highest BCUT2D eigenvalue weighted by molar-refractivity contribution is 9.10. The minimum Gasteiger partial charge on any atom is -0.383 e. The van der Waals surface area contributed by atoms with Crippen LogP contribution in [0, 0.1) is 6.92 Å². The second-order valence-corrected chi connectivity index (χ2v) is 7.19. The van der Waals surface area contributed by atoms with Crippen molar-refractivity contribution in [2.45, 2.75) is 32.2 Å². The maximum absolute atomic E-state index is 6.04. The van der Waals surface area contributed by atoms with Gasteiger partial charge in [0, 0.05) is 33.3 Å². The molecule has 2 heterocycles. The van der Waals surface area contributed by atoms with Crippen LogP contribution in [0.3, 0.4) is 0 Å². The summed E-state index contributed by atoms with van der Waals surface area (Å²) in [6.07, 6.45) is 2.37. The summed E-state index contributed by atoms with van der Waals surface area (Å²) >= 11 is 5.23. The summed E-state index contributed by atoms with van der Waals surface area (Å²) in [4.78, 5) is 12.6. The second-order valence-electron chi connectivity index (χ2n) is 5.28. The molecule has 6 heteroatoms. The number of anilines is 2. The molecular weight excluding hydrogens is 336 g/mol. The molecule has 0 aliphatic heterocycles. The summed E-state index contributed by atoms with van der Waals surface area (Å²) in [5.74, 6) is 2.98. The Kier molecular flexibility index (Phi) is 3.69. The molecule has 0 unspecified atom stereocenters. The molecule has 0 amide bonds. The van der Waals surface area contributed by atoms with Gasteiger partial charge in [-0.3, -0.25) is 0 Å². The van der Waals surface area contributed by atoms with Crippen molar-refractivity contribution in [2.24, 2.45) is 0 Å². The number of nitrogen functional groups attached to an aromatic ring is 1. The van der Waals surface area contributed by atoms with Gasteiger partial charge < -0.3 is 10.6 Å². The fourth-order valence-electron chi connectivity index (χ4n) is 2.18. The first-order valence-electron chi connectivity index (χ1n) is 6.62. The van der Waals surface area contributed by atoms with Gasteiger partial charge in [0.2, 0.25) is 0 Å². The van der Waals surface area contributed by atoms with Crippen LogP contribution in [0.2, 0.25) is 0 Å². The molecule has 2 N–H and O–H groups in total. The average molecular weight is 353 g/mol. The van der Waals surface area contributed by atoms with E-state index in [2.05, 4.69) is 44.3 Å². The normalized spacial score (nSPS) is 14.6. The molecule has 0 spiro atoms. The largest absolute Gasteiger partial charge is 0.383 e. The number of nitrogens with zero attached hydrogens (tertiary/aromatic N) is 3. The molecule has 0 aromatic carbocycles. The quantitative estimate of drug-likeness (QED) is 0.911. The summed E-state index contributed by atoms with van der Waals surface area (Å²) in [5.41, 5.74) is 7.00. The highest BCUT2D eigenvalue weighted by Gasteiger charge is 2.28. The average Bonchev–Trinajstić information content (AvgIpc) is 3.17. The molecule has 0 radical (unpaired) electrons. The Hall–Kier alpha value is -1.14. The number of thiophene rings is 1. The van der Waals surface area contributed by atoms with Gasteiger partial charge in [-0.05, 0) is 41.8 Å². The molecule has 4 nitrogen and oxygen atoms in total. The lowest BCUT2D eigenvalue weighted by Gasteiger charge is -2.21. The van der Waals surface area contributed by atoms with Gasteiger partial charge in [-0.2, -0.15) is 0 Å². The van der Waals surface area contributed by atoms with Gasteiger partial charge in [-0.25, -0.2) is 9.97 Å². The third-order valence-electron chi connectivity index (χ3n) is 3.49. The minimum atomic E-state index is 0.515. The molecule has 1 aliphatic rings. The molecule has 0 bridgehead atoms. The van der Waals surface area contributed by atoms with E-state index in [-0.39, 0.29) is 0 Å². The van der Waals surface area contributed by atoms with Crippen molar-refractivity contribution in [1.82, 2.24) is 9.97 Å². The van der Waals surface area contributed by atoms with E-state index in [1.54, 1.807) is 11.3 Å². The Balaban J connectivity index is 1.87. The van der Waals surface area contributed by atoms with Crippen molar-refractivity contribution in [3.05, 3.63) is 32.2 Å². The van der Waals surface area contributed by atoms with E-state index in [0.29, 0.717) is 11.7 Å². The molecule has 106 valence electrons. The smallest absolute Gasteiger partial charge is 0.137 e. The number of rotatable bonds is 4. The molecule has 3 rings (SSSR count). The third-order valence-corrected chi connectivity index (χ3v) is 5.18. The van der Waals surface area contributed by atoms with Crippen molar-refractivity contribution in [1.29, 1.82) is 0 Å². The zero-order chi connectivity index (χ0) is 14.3. The topological polar surface area (TPSA) is 55.0 Å². The monoisotopic (exact) mass is 352 g/mol. The van der Waals surface area contributed by atoms with Gasteiger partial charge in [0.05, 0.1) is 6.54 Å². The van der Waals surface area contributed by atoms with Crippen molar-refractivity contribution in [3.8, 4) is 0 Å². The Labute approximate surface area is 131 Å². The minimum absolute atomic E-state index is 0.515. The molecule has 2 aromatic rings. The molecule has 1 aliphatic carbocycles. The molecule has 0 saturated heterocycles. The molecule has 0 atom stereocenters. The molecule has 1 saturated carbocycles. The maximum Gasteiger partial charge on any atom is 0.137 e. The lowest BCUT2D eigenvalue weighted by Crippen LogP contribution is -2.20. The van der Waals surface area contributed by atoms with Crippen LogP contribution in [0.5, 0.6) is 0 Å². The summed E-state index contributed by atoms with van der Waals surface area (Å²) in [5, 5.41) is 2.10. The van der Waals surface area contributed by atoms with Crippen LogP contribution in [0.15, 0.2) is 15.9 Å². The van der Waals surface area contributed by atoms with Crippen molar-refractivity contribution in [2.75, 3.05) is 17.7 Å². The Morgan fingerprint density at radius 2 is 2.20 bits per heavy atom. The Bertz CT molecular complexity index is 636. The summed E-state index contributed by atoms with van der Waals surface area (Å²) < 4.78 is 1.13. The number of halogens is 1. The lowest BCUT2D eigenvalue weighted by atomic mass is 10.2. The summed E-state index contributed by atoms with van der Waals surface area (Å²) in [6, 6.07) is 2.14. The van der Waals surface area contributed by atoms with E-state index in [1.807, 2.05) is 6.92 Å². The fraction of sp³-hybridized carbons (Fsp3) is 0.429. The first kappa shape index (κ1) is 13.8. The predicted octanol–water partition coefficient (Wildman–Crippen LogP) is 3.71. The highest BCUT2D eigenvalue weighted by Crippen LogP contribution is 2.39. The van der Waals surface area contributed by atoms with Gasteiger partial charge in [0.1, 0.15) is 17.5 Å². The number of aromatic nitrogens is 2. The fourth-order valence-corrected chi connectivity index (χ4v) is 3.68. The first-order valence-corrected chi connectivity index (χ1v) is 8.30. The Morgan fingerprint density at radius 3 is 2.80 bits per heavy atom. The summed E-state index contributed by atoms with van der Waals surface area (Å²) in [7, 11) is 2.05. The van der Waals surface area contributed by atoms with Crippen LogP contribution in [-0.4, -0.2) is 17.0 Å². The van der Waals surface area contributed by atoms with E-state index in [9.17, 15) is 0 Å². The van der Waals surface area contributed by atoms with Crippen molar-refractivity contribution in [3.63, 3.8) is 0 Å². The molecule has 2 aromatic heterocycles. The van der Waals surface area contributed by atoms with Crippen LogP contribution in [-0.2, 0) is 6.54 Å². The van der Waals surface area contributed by atoms with Crippen LogP contribution in [0.25, 0.3) is 0 Å². The zero-order valence-corrected chi connectivity index (χ0v) is 14.0. The maximum atomic E-state index is 6.04. The lowest BCUT2D eigenvalue weighted by molar-refractivity contribution is 0.855. The van der Waals surface area contributed by atoms with Gasteiger partial charge in [-0.1, -0.05) is 0 Å². The highest BCUT2D eigenvalue weighted by atomic mass is 79.9. The standard InChI is InChI=1S/C14H17BrN4S/c1-8-12(16)17-13(9-3-4-9)18-14(8)19(2)6-11-5-10(15)7-20-11/h5,7,9H,3-4,6H2,1-2H3,(H2,16,17,18). The SMILES string of the molecule is Cc1c(N)nc(C2CC2)nc1N(C)Cc1cc(Br)cs1. The van der Waals surface area contributed by atoms with Crippen LogP contribution in [0.4, 0.5) is 11.6 Å². The van der Waals surface area contributed by atoms with Gasteiger partial charge in [-0.15, -0.1) is 11.3 Å². The third kappa shape index (κ3) is 2.81. The molecule has 20 heavy (non-hydrogen) atoms. The Morgan fingerprint density at radius 1 is 1.45 bits per heavy atom. The van der Waals surface area contributed by atoms with Gasteiger partial charge >= 0.3 is 0 Å². The predicted molar refractivity (Wildman–Crippen MR) is 87.3 cm³/mol. The number of hydrogen-bond acceptors (Lipinski definition) is 5. The zero-order valence-electron chi connectivity index (χ0n) is 11.6. The van der Waals surface area contributed by atoms with Crippen molar-refractivity contribution >= 4 is 38.9 Å². The second kappa shape index (κ2) is 5.33. The molecular formula is C14H17BrN4S. The van der Waals surface area contributed by atoms with Crippen LogP contribution in [0.1, 0.15) is 35.0 Å². The van der Waals surface area contributed by atoms with E-state index in [0.717, 1.165) is 28.2 Å². The number of hydrogen-bond donors (Lipinski definition) is 1. The van der Waals surface area contributed by atoms with E-state index in [4.69, 9.17) is 10.7 Å². The van der Waals surface area contributed by atoms with E-state index < -0.39 is 0 Å². The summed E-state index contributed by atoms with van der Waals surface area (Å²) in [6.45, 7) is 2.82. The first-order chi connectivity index (χ1) is 9.54. The number of nitrogens with two attached hydrogens (primary N) is 1.